The Bertz CT molecular complexity index is 240. The minimum atomic E-state index is -0.257. The monoisotopic (exact) mass is 276 g/mol. The van der Waals surface area contributed by atoms with E-state index in [9.17, 15) is 9.59 Å². The molecule has 0 spiro atoms. The average molecular weight is 277 g/mol. The summed E-state index contributed by atoms with van der Waals surface area (Å²) in [5, 5.41) is 0. The highest BCUT2D eigenvalue weighted by Crippen LogP contribution is 2.21. The number of hydrogen-bond acceptors (Lipinski definition) is 2. The van der Waals surface area contributed by atoms with Crippen LogP contribution in [0.2, 0.25) is 0 Å². The first kappa shape index (κ1) is 12.5. The second-order valence-electron chi connectivity index (χ2n) is 4.04. The zero-order valence-corrected chi connectivity index (χ0v) is 11.0. The fourth-order valence-corrected chi connectivity index (χ4v) is 2.08. The molecular formula is C10H17BrN2O2. The Balaban J connectivity index is 2.73. The van der Waals surface area contributed by atoms with Crippen molar-refractivity contribution in [3.8, 4) is 0 Å². The third kappa shape index (κ3) is 2.71. The summed E-state index contributed by atoms with van der Waals surface area (Å²) in [6.45, 7) is 2.48. The molecule has 4 nitrogen and oxygen atoms in total. The lowest BCUT2D eigenvalue weighted by Gasteiger charge is -2.27. The van der Waals surface area contributed by atoms with E-state index in [1.807, 2.05) is 0 Å². The van der Waals surface area contributed by atoms with E-state index in [0.717, 1.165) is 12.8 Å². The van der Waals surface area contributed by atoms with Crippen molar-refractivity contribution >= 4 is 27.7 Å². The number of carbonyl (C=O) groups excluding carboxylic acids is 2. The van der Waals surface area contributed by atoms with Gasteiger partial charge in [0.1, 0.15) is 6.04 Å². The third-order valence-corrected chi connectivity index (χ3v) is 2.99. The number of likely N-dealkylation sites (tertiary alicyclic amines) is 1. The molecule has 2 amide bonds. The lowest BCUT2D eigenvalue weighted by atomic mass is 10.2. The molecule has 5 heteroatoms. The predicted molar refractivity (Wildman–Crippen MR) is 61.8 cm³/mol. The second-order valence-corrected chi connectivity index (χ2v) is 5.41. The van der Waals surface area contributed by atoms with Gasteiger partial charge in [-0.15, -0.1) is 0 Å². The predicted octanol–water partition coefficient (Wildman–Crippen LogP) is 0.849. The molecule has 2 unspecified atom stereocenters. The Kier molecular flexibility index (Phi) is 4.13. The summed E-state index contributed by atoms with van der Waals surface area (Å²) >= 11 is 3.25. The zero-order chi connectivity index (χ0) is 11.6. The van der Waals surface area contributed by atoms with Gasteiger partial charge in [0.05, 0.1) is 4.83 Å². The van der Waals surface area contributed by atoms with Crippen molar-refractivity contribution in [3.63, 3.8) is 0 Å². The quantitative estimate of drug-likeness (QED) is 0.702. The largest absolute Gasteiger partial charge is 0.347 e. The number of alkyl halides is 1. The number of carbonyl (C=O) groups is 2. The van der Waals surface area contributed by atoms with Crippen LogP contribution in [0.25, 0.3) is 0 Å². The van der Waals surface area contributed by atoms with Crippen LogP contribution in [0.4, 0.5) is 0 Å². The number of halogens is 1. The molecule has 1 heterocycles. The molecule has 1 aliphatic rings. The van der Waals surface area contributed by atoms with Gasteiger partial charge in [-0.2, -0.15) is 0 Å². The van der Waals surface area contributed by atoms with E-state index in [2.05, 4.69) is 15.9 Å². The Morgan fingerprint density at radius 2 is 2.07 bits per heavy atom. The van der Waals surface area contributed by atoms with Crippen LogP contribution in [-0.4, -0.2) is 53.1 Å². The topological polar surface area (TPSA) is 40.6 Å². The average Bonchev–Trinajstić information content (AvgIpc) is 2.63. The van der Waals surface area contributed by atoms with Crippen LogP contribution < -0.4 is 0 Å². The third-order valence-electron chi connectivity index (χ3n) is 2.60. The maximum absolute atomic E-state index is 11.8. The summed E-state index contributed by atoms with van der Waals surface area (Å²) < 4.78 is 0. The first-order valence-electron chi connectivity index (χ1n) is 5.11. The molecule has 1 aliphatic heterocycles. The van der Waals surface area contributed by atoms with Crippen molar-refractivity contribution in [2.45, 2.75) is 30.6 Å². The minimum absolute atomic E-state index is 0.00713. The minimum Gasteiger partial charge on any atom is -0.347 e. The fourth-order valence-electron chi connectivity index (χ4n) is 1.81. The highest BCUT2D eigenvalue weighted by molar-refractivity contribution is 9.10. The van der Waals surface area contributed by atoms with Gasteiger partial charge in [0.2, 0.25) is 11.8 Å². The van der Waals surface area contributed by atoms with E-state index in [0.29, 0.717) is 6.54 Å². The Morgan fingerprint density at radius 3 is 2.53 bits per heavy atom. The van der Waals surface area contributed by atoms with Crippen LogP contribution >= 0.6 is 15.9 Å². The van der Waals surface area contributed by atoms with Crippen molar-refractivity contribution in [3.05, 3.63) is 0 Å². The molecule has 0 aromatic carbocycles. The molecule has 0 radical (unpaired) electrons. The standard InChI is InChI=1S/C10H17BrN2O2/c1-7(11)9(14)13-6-4-5-8(13)10(15)12(2)3/h7-8H,4-6H2,1-3H3. The molecule has 0 aliphatic carbocycles. The maximum atomic E-state index is 11.8. The summed E-state index contributed by atoms with van der Waals surface area (Å²) in [5.74, 6) is 0.0294. The summed E-state index contributed by atoms with van der Waals surface area (Å²) in [4.78, 5) is 26.6. The molecule has 0 N–H and O–H groups in total. The van der Waals surface area contributed by atoms with Gasteiger partial charge in [0.25, 0.3) is 0 Å². The molecular weight excluding hydrogens is 260 g/mol. The van der Waals surface area contributed by atoms with Crippen molar-refractivity contribution < 1.29 is 9.59 Å². The smallest absolute Gasteiger partial charge is 0.244 e. The lowest BCUT2D eigenvalue weighted by molar-refractivity contribution is -0.141. The molecule has 0 aromatic heterocycles. The zero-order valence-electron chi connectivity index (χ0n) is 9.36. The van der Waals surface area contributed by atoms with Gasteiger partial charge in [-0.05, 0) is 19.8 Å². The summed E-state index contributed by atoms with van der Waals surface area (Å²) in [7, 11) is 3.45. The van der Waals surface area contributed by atoms with E-state index in [-0.39, 0.29) is 22.7 Å². The van der Waals surface area contributed by atoms with Crippen molar-refractivity contribution in [2.24, 2.45) is 0 Å². The van der Waals surface area contributed by atoms with Crippen LogP contribution in [0.15, 0.2) is 0 Å². The summed E-state index contributed by atoms with van der Waals surface area (Å²) in [6, 6.07) is -0.257. The molecule has 1 rings (SSSR count). The summed E-state index contributed by atoms with van der Waals surface area (Å²) in [5.41, 5.74) is 0. The van der Waals surface area contributed by atoms with E-state index >= 15 is 0 Å². The van der Waals surface area contributed by atoms with Crippen molar-refractivity contribution in [1.82, 2.24) is 9.80 Å². The number of nitrogens with zero attached hydrogens (tertiary/aromatic N) is 2. The SMILES string of the molecule is CC(Br)C(=O)N1CCCC1C(=O)N(C)C. The normalized spacial score (nSPS) is 22.7. The Hall–Kier alpha value is -0.580. The van der Waals surface area contributed by atoms with Crippen LogP contribution in [0.3, 0.4) is 0 Å². The molecule has 15 heavy (non-hydrogen) atoms. The number of likely N-dealkylation sites (N-methyl/N-ethyl adjacent to an activating group) is 1. The first-order valence-corrected chi connectivity index (χ1v) is 6.02. The van der Waals surface area contributed by atoms with Gasteiger partial charge in [-0.1, -0.05) is 15.9 Å². The van der Waals surface area contributed by atoms with Crippen molar-refractivity contribution in [2.75, 3.05) is 20.6 Å². The van der Waals surface area contributed by atoms with Crippen LogP contribution in [0.5, 0.6) is 0 Å². The maximum Gasteiger partial charge on any atom is 0.244 e. The van der Waals surface area contributed by atoms with E-state index in [1.165, 1.54) is 0 Å². The van der Waals surface area contributed by atoms with Crippen LogP contribution in [0.1, 0.15) is 19.8 Å². The van der Waals surface area contributed by atoms with E-state index in [4.69, 9.17) is 0 Å². The van der Waals surface area contributed by atoms with Crippen molar-refractivity contribution in [1.29, 1.82) is 0 Å². The van der Waals surface area contributed by atoms with Gasteiger partial charge in [-0.25, -0.2) is 0 Å². The van der Waals surface area contributed by atoms with E-state index < -0.39 is 0 Å². The molecule has 86 valence electrons. The first-order chi connectivity index (χ1) is 6.95. The highest BCUT2D eigenvalue weighted by Gasteiger charge is 2.35. The molecule has 2 atom stereocenters. The molecule has 1 saturated heterocycles. The second kappa shape index (κ2) is 4.96. The summed E-state index contributed by atoms with van der Waals surface area (Å²) in [6.07, 6.45) is 1.69. The van der Waals surface area contributed by atoms with Crippen LogP contribution in [-0.2, 0) is 9.59 Å². The highest BCUT2D eigenvalue weighted by atomic mass is 79.9. The van der Waals surface area contributed by atoms with Gasteiger partial charge in [-0.3, -0.25) is 9.59 Å². The lowest BCUT2D eigenvalue weighted by Crippen LogP contribution is -2.47. The number of hydrogen-bond donors (Lipinski definition) is 0. The Morgan fingerprint density at radius 1 is 1.47 bits per heavy atom. The fraction of sp³-hybridized carbons (Fsp3) is 0.800. The molecule has 0 saturated carbocycles. The van der Waals surface area contributed by atoms with Gasteiger partial charge >= 0.3 is 0 Å². The number of rotatable bonds is 2. The van der Waals surface area contributed by atoms with Gasteiger partial charge in [0.15, 0.2) is 0 Å². The van der Waals surface area contributed by atoms with Gasteiger partial charge in [0, 0.05) is 20.6 Å². The molecule has 1 fully saturated rings. The Labute approximate surface area is 98.7 Å². The van der Waals surface area contributed by atoms with E-state index in [1.54, 1.807) is 30.8 Å². The van der Waals surface area contributed by atoms with Crippen LogP contribution in [0, 0.1) is 0 Å². The molecule has 0 aromatic rings. The molecule has 0 bridgehead atoms. The van der Waals surface area contributed by atoms with Gasteiger partial charge < -0.3 is 9.80 Å². The number of amides is 2.